The highest BCUT2D eigenvalue weighted by Crippen LogP contribution is 2.21. The molecule has 0 saturated heterocycles. The molecule has 0 bridgehead atoms. The summed E-state index contributed by atoms with van der Waals surface area (Å²) in [4.78, 5) is 8.26. The maximum absolute atomic E-state index is 14.5. The summed E-state index contributed by atoms with van der Waals surface area (Å²) in [6.07, 6.45) is 3.00. The first kappa shape index (κ1) is 18.5. The second kappa shape index (κ2) is 7.64. The molecule has 1 heterocycles. The summed E-state index contributed by atoms with van der Waals surface area (Å²) in [5.41, 5.74) is 1.28. The smallest absolute Gasteiger partial charge is 0.159 e. The summed E-state index contributed by atoms with van der Waals surface area (Å²) in [6, 6.07) is 11.7. The third-order valence-electron chi connectivity index (χ3n) is 4.31. The zero-order valence-electron chi connectivity index (χ0n) is 15.2. The Morgan fingerprint density at radius 2 is 1.48 bits per heavy atom. The van der Waals surface area contributed by atoms with Gasteiger partial charge >= 0.3 is 0 Å². The van der Waals surface area contributed by atoms with E-state index in [0.29, 0.717) is 33.5 Å². The maximum atomic E-state index is 14.5. The van der Waals surface area contributed by atoms with E-state index in [1.165, 1.54) is 25.6 Å². The summed E-state index contributed by atoms with van der Waals surface area (Å²) >= 11 is 0. The summed E-state index contributed by atoms with van der Waals surface area (Å²) in [7, 11) is 1.51. The highest BCUT2D eigenvalue weighted by molar-refractivity contribution is 5.84. The van der Waals surface area contributed by atoms with Gasteiger partial charge in [0.1, 0.15) is 5.82 Å². The predicted octanol–water partition coefficient (Wildman–Crippen LogP) is 5.12. The zero-order valence-corrected chi connectivity index (χ0v) is 15.2. The second-order valence-corrected chi connectivity index (χ2v) is 6.22. The van der Waals surface area contributed by atoms with Crippen molar-refractivity contribution in [1.29, 1.82) is 0 Å². The van der Waals surface area contributed by atoms with Gasteiger partial charge in [-0.25, -0.2) is 23.1 Å². The average molecular weight is 390 g/mol. The van der Waals surface area contributed by atoms with Crippen molar-refractivity contribution < 1.29 is 17.9 Å². The molecule has 6 heteroatoms. The standard InChI is InChI=1S/C23H13F3N2O/c1-29-19-12-27-23(28-13-19)17-7-6-15(20(24)10-17)4-2-14-3-5-16-9-21(25)22(26)11-18(16)8-14/h3,5-13H,1H3. The topological polar surface area (TPSA) is 35.0 Å². The Kier molecular flexibility index (Phi) is 4.88. The molecule has 0 aliphatic carbocycles. The molecule has 0 aliphatic heterocycles. The van der Waals surface area contributed by atoms with Gasteiger partial charge in [0.05, 0.1) is 25.1 Å². The first-order valence-electron chi connectivity index (χ1n) is 8.60. The van der Waals surface area contributed by atoms with Crippen LogP contribution in [0.5, 0.6) is 5.75 Å². The van der Waals surface area contributed by atoms with Crippen LogP contribution >= 0.6 is 0 Å². The lowest BCUT2D eigenvalue weighted by Gasteiger charge is -2.03. The normalized spacial score (nSPS) is 10.5. The van der Waals surface area contributed by atoms with Gasteiger partial charge in [0, 0.05) is 11.1 Å². The monoisotopic (exact) mass is 390 g/mol. The van der Waals surface area contributed by atoms with Crippen LogP contribution in [-0.2, 0) is 0 Å². The van der Waals surface area contributed by atoms with Gasteiger partial charge < -0.3 is 4.74 Å². The third kappa shape index (κ3) is 3.90. The first-order valence-corrected chi connectivity index (χ1v) is 8.60. The number of benzene rings is 3. The van der Waals surface area contributed by atoms with Crippen molar-refractivity contribution in [2.75, 3.05) is 7.11 Å². The van der Waals surface area contributed by atoms with Gasteiger partial charge in [-0.2, -0.15) is 0 Å². The van der Waals surface area contributed by atoms with Crippen molar-refractivity contribution in [3.8, 4) is 29.0 Å². The summed E-state index contributed by atoms with van der Waals surface area (Å²) in [5, 5.41) is 1.08. The number of halogens is 3. The second-order valence-electron chi connectivity index (χ2n) is 6.22. The SMILES string of the molecule is COc1cnc(-c2ccc(C#Cc3ccc4cc(F)c(F)cc4c3)c(F)c2)nc1. The molecule has 0 N–H and O–H groups in total. The fourth-order valence-corrected chi connectivity index (χ4v) is 2.79. The molecule has 142 valence electrons. The number of hydrogen-bond acceptors (Lipinski definition) is 3. The molecule has 4 rings (SSSR count). The Balaban J connectivity index is 1.62. The van der Waals surface area contributed by atoms with Gasteiger partial charge in [0.25, 0.3) is 0 Å². The van der Waals surface area contributed by atoms with E-state index in [2.05, 4.69) is 21.8 Å². The number of methoxy groups -OCH3 is 1. The predicted molar refractivity (Wildman–Crippen MR) is 104 cm³/mol. The van der Waals surface area contributed by atoms with Crippen LogP contribution in [0, 0.1) is 29.3 Å². The quantitative estimate of drug-likeness (QED) is 0.446. The Morgan fingerprint density at radius 3 is 2.17 bits per heavy atom. The number of ether oxygens (including phenoxy) is 1. The van der Waals surface area contributed by atoms with Crippen LogP contribution in [0.15, 0.2) is 60.9 Å². The van der Waals surface area contributed by atoms with E-state index < -0.39 is 17.5 Å². The van der Waals surface area contributed by atoms with Gasteiger partial charge in [-0.05, 0) is 53.2 Å². The fraction of sp³-hybridized carbons (Fsp3) is 0.0435. The molecule has 0 fully saturated rings. The van der Waals surface area contributed by atoms with Crippen LogP contribution in [0.4, 0.5) is 13.2 Å². The number of nitrogens with zero attached hydrogens (tertiary/aromatic N) is 2. The van der Waals surface area contributed by atoms with Crippen LogP contribution in [0.1, 0.15) is 11.1 Å². The average Bonchev–Trinajstić information content (AvgIpc) is 2.74. The van der Waals surface area contributed by atoms with Crippen molar-refractivity contribution >= 4 is 10.8 Å². The molecule has 0 radical (unpaired) electrons. The molecule has 1 aromatic heterocycles. The van der Waals surface area contributed by atoms with Crippen LogP contribution < -0.4 is 4.74 Å². The van der Waals surface area contributed by atoms with E-state index >= 15 is 0 Å². The zero-order chi connectivity index (χ0) is 20.4. The number of hydrogen-bond donors (Lipinski definition) is 0. The van der Waals surface area contributed by atoms with Crippen LogP contribution in [-0.4, -0.2) is 17.1 Å². The first-order chi connectivity index (χ1) is 14.0. The van der Waals surface area contributed by atoms with E-state index in [1.807, 2.05) is 0 Å². The molecule has 29 heavy (non-hydrogen) atoms. The highest BCUT2D eigenvalue weighted by atomic mass is 19.2. The Labute approximate surface area is 164 Å². The van der Waals surface area contributed by atoms with Gasteiger partial charge in [0.15, 0.2) is 23.2 Å². The van der Waals surface area contributed by atoms with E-state index in [4.69, 9.17) is 4.74 Å². The lowest BCUT2D eigenvalue weighted by molar-refractivity contribution is 0.411. The van der Waals surface area contributed by atoms with Gasteiger partial charge in [-0.1, -0.05) is 17.9 Å². The molecule has 3 nitrogen and oxygen atoms in total. The molecule has 0 unspecified atom stereocenters. The lowest BCUT2D eigenvalue weighted by Crippen LogP contribution is -1.93. The molecule has 0 amide bonds. The minimum atomic E-state index is -0.926. The Bertz CT molecular complexity index is 1280. The van der Waals surface area contributed by atoms with Crippen molar-refractivity contribution in [3.05, 3.63) is 89.5 Å². The number of rotatable bonds is 2. The molecule has 0 aliphatic rings. The van der Waals surface area contributed by atoms with E-state index in [-0.39, 0.29) is 5.56 Å². The summed E-state index contributed by atoms with van der Waals surface area (Å²) < 4.78 is 46.2. The van der Waals surface area contributed by atoms with Crippen LogP contribution in [0.2, 0.25) is 0 Å². The van der Waals surface area contributed by atoms with E-state index in [0.717, 1.165) is 12.1 Å². The van der Waals surface area contributed by atoms with Crippen LogP contribution in [0.3, 0.4) is 0 Å². The van der Waals surface area contributed by atoms with Crippen molar-refractivity contribution in [3.63, 3.8) is 0 Å². The van der Waals surface area contributed by atoms with E-state index in [1.54, 1.807) is 30.3 Å². The molecular formula is C23H13F3N2O. The van der Waals surface area contributed by atoms with Crippen LogP contribution in [0.25, 0.3) is 22.2 Å². The van der Waals surface area contributed by atoms with Crippen molar-refractivity contribution in [1.82, 2.24) is 9.97 Å². The van der Waals surface area contributed by atoms with Gasteiger partial charge in [-0.15, -0.1) is 0 Å². The molecular weight excluding hydrogens is 377 g/mol. The Morgan fingerprint density at radius 1 is 0.759 bits per heavy atom. The lowest BCUT2D eigenvalue weighted by atomic mass is 10.1. The maximum Gasteiger partial charge on any atom is 0.159 e. The molecule has 0 saturated carbocycles. The molecule has 4 aromatic rings. The van der Waals surface area contributed by atoms with Gasteiger partial charge in [-0.3, -0.25) is 0 Å². The van der Waals surface area contributed by atoms with Crippen molar-refractivity contribution in [2.45, 2.75) is 0 Å². The molecule has 0 spiro atoms. The summed E-state index contributed by atoms with van der Waals surface area (Å²) in [6.45, 7) is 0. The summed E-state index contributed by atoms with van der Waals surface area (Å²) in [5.74, 6) is 4.15. The minimum absolute atomic E-state index is 0.202. The third-order valence-corrected chi connectivity index (χ3v) is 4.31. The van der Waals surface area contributed by atoms with Gasteiger partial charge in [0.2, 0.25) is 0 Å². The molecule has 3 aromatic carbocycles. The van der Waals surface area contributed by atoms with Crippen molar-refractivity contribution in [2.24, 2.45) is 0 Å². The fourth-order valence-electron chi connectivity index (χ4n) is 2.79. The molecule has 0 atom stereocenters. The minimum Gasteiger partial charge on any atom is -0.494 e. The van der Waals surface area contributed by atoms with E-state index in [9.17, 15) is 13.2 Å². The highest BCUT2D eigenvalue weighted by Gasteiger charge is 2.07. The number of fused-ring (bicyclic) bond motifs is 1. The number of aromatic nitrogens is 2. The largest absolute Gasteiger partial charge is 0.494 e. The Hall–Kier alpha value is -3.85.